The van der Waals surface area contributed by atoms with Crippen LogP contribution in [0.25, 0.3) is 11.1 Å². The second-order valence-corrected chi connectivity index (χ2v) is 24.5. The Morgan fingerprint density at radius 2 is 1.06 bits per heavy atom. The SMILES string of the molecule is CCCCC1C=C(C(C)(C)C)C=[C]1[Zr+2](=[C](c1ccc(Cl)cc1)c1ccc(Cl)cc1)[CH]1c2cc(C(C)(C)C)ccc2-c2ccc(C(C)(C)C)cc21.[Cl-].[Cl-]. The second kappa shape index (κ2) is 16.6. The molecule has 52 heavy (non-hydrogen) atoms. The van der Waals surface area contributed by atoms with Gasteiger partial charge in [-0.1, -0.05) is 0 Å². The third kappa shape index (κ3) is 8.87. The zero-order valence-electron chi connectivity index (χ0n) is 32.5. The van der Waals surface area contributed by atoms with Crippen LogP contribution in [0.2, 0.25) is 10.0 Å². The number of benzene rings is 4. The van der Waals surface area contributed by atoms with E-state index in [-0.39, 0.29) is 41.1 Å². The molecular weight excluding hydrogens is 798 g/mol. The van der Waals surface area contributed by atoms with E-state index in [9.17, 15) is 0 Å². The zero-order chi connectivity index (χ0) is 36.2. The van der Waals surface area contributed by atoms with E-state index in [0.29, 0.717) is 9.54 Å². The summed E-state index contributed by atoms with van der Waals surface area (Å²) in [6, 6.07) is 32.2. The maximum atomic E-state index is 6.59. The minimum Gasteiger partial charge on any atom is -1.00 e. The third-order valence-electron chi connectivity index (χ3n) is 10.7. The number of rotatable bonds is 7. The number of halogens is 4. The monoisotopic (exact) mass is 848 g/mol. The second-order valence-electron chi connectivity index (χ2n) is 17.6. The summed E-state index contributed by atoms with van der Waals surface area (Å²) in [6.45, 7) is 23.6. The number of hydrogen-bond acceptors (Lipinski definition) is 0. The van der Waals surface area contributed by atoms with Gasteiger partial charge in [0.25, 0.3) is 0 Å². The van der Waals surface area contributed by atoms with Gasteiger partial charge in [-0.15, -0.1) is 0 Å². The fourth-order valence-electron chi connectivity index (χ4n) is 7.71. The Bertz CT molecular complexity index is 1880. The molecule has 0 aliphatic heterocycles. The molecule has 0 spiro atoms. The zero-order valence-corrected chi connectivity index (χ0v) is 38.0. The van der Waals surface area contributed by atoms with E-state index >= 15 is 0 Å². The van der Waals surface area contributed by atoms with E-state index in [4.69, 9.17) is 23.2 Å². The van der Waals surface area contributed by atoms with Crippen molar-refractivity contribution < 1.29 is 46.1 Å². The van der Waals surface area contributed by atoms with E-state index in [1.807, 2.05) is 0 Å². The average Bonchev–Trinajstić information content (AvgIpc) is 3.62. The predicted molar refractivity (Wildman–Crippen MR) is 216 cm³/mol. The summed E-state index contributed by atoms with van der Waals surface area (Å²) in [6.07, 6.45) is 8.95. The Morgan fingerprint density at radius 1 is 0.615 bits per heavy atom. The van der Waals surface area contributed by atoms with Crippen LogP contribution in [0.5, 0.6) is 0 Å². The van der Waals surface area contributed by atoms with Crippen LogP contribution in [0.1, 0.15) is 126 Å². The molecule has 6 rings (SSSR count). The number of fused-ring (bicyclic) bond motifs is 3. The van der Waals surface area contributed by atoms with Crippen molar-refractivity contribution in [1.82, 2.24) is 0 Å². The van der Waals surface area contributed by atoms with Crippen molar-refractivity contribution in [3.05, 3.63) is 149 Å². The first kappa shape index (κ1) is 43.0. The summed E-state index contributed by atoms with van der Waals surface area (Å²) in [7, 11) is 0. The van der Waals surface area contributed by atoms with Crippen LogP contribution in [-0.4, -0.2) is 3.21 Å². The predicted octanol–water partition coefficient (Wildman–Crippen LogP) is 8.23. The van der Waals surface area contributed by atoms with Gasteiger partial charge in [-0.2, -0.15) is 0 Å². The van der Waals surface area contributed by atoms with Crippen molar-refractivity contribution in [1.29, 1.82) is 0 Å². The van der Waals surface area contributed by atoms with Crippen molar-refractivity contribution in [2.75, 3.05) is 0 Å². The summed E-state index contributed by atoms with van der Waals surface area (Å²) >= 11 is 10.1. The molecule has 5 heteroatoms. The number of unbranched alkanes of at least 4 members (excludes halogenated alkanes) is 1. The summed E-state index contributed by atoms with van der Waals surface area (Å²) in [5.74, 6) is 0.442. The maximum Gasteiger partial charge on any atom is -1.00 e. The Kier molecular flexibility index (Phi) is 13.7. The van der Waals surface area contributed by atoms with Gasteiger partial charge in [0, 0.05) is 0 Å². The first-order valence-electron chi connectivity index (χ1n) is 18.5. The van der Waals surface area contributed by atoms with Gasteiger partial charge >= 0.3 is 322 Å². The Balaban J connectivity index is 0.00000302. The van der Waals surface area contributed by atoms with E-state index in [1.165, 1.54) is 72.5 Å². The number of hydrogen-bond donors (Lipinski definition) is 0. The largest absolute Gasteiger partial charge is 1.00 e. The minimum absolute atomic E-state index is 0. The molecule has 1 unspecified atom stereocenters. The molecule has 1 atom stereocenters. The van der Waals surface area contributed by atoms with Crippen molar-refractivity contribution in [2.24, 2.45) is 11.3 Å². The van der Waals surface area contributed by atoms with Gasteiger partial charge in [0.1, 0.15) is 0 Å². The normalized spacial score (nSPS) is 15.4. The average molecular weight is 852 g/mol. The fraction of sp³-hybridized carbons (Fsp3) is 0.383. The van der Waals surface area contributed by atoms with Crippen molar-refractivity contribution >= 4 is 26.4 Å². The van der Waals surface area contributed by atoms with Crippen LogP contribution in [0, 0.1) is 11.3 Å². The quantitative estimate of drug-likeness (QED) is 0.176. The molecule has 4 aromatic carbocycles. The minimum atomic E-state index is -3.05. The van der Waals surface area contributed by atoms with E-state index in [1.54, 1.807) is 3.28 Å². The topological polar surface area (TPSA) is 0 Å². The van der Waals surface area contributed by atoms with Crippen molar-refractivity contribution in [3.8, 4) is 11.1 Å². The Morgan fingerprint density at radius 3 is 1.44 bits per heavy atom. The maximum absolute atomic E-state index is 6.59. The van der Waals surface area contributed by atoms with Crippen LogP contribution < -0.4 is 24.8 Å². The summed E-state index contributed by atoms with van der Waals surface area (Å²) < 4.78 is 3.57. The van der Waals surface area contributed by atoms with Crippen LogP contribution in [0.3, 0.4) is 0 Å². The molecule has 0 N–H and O–H groups in total. The Hall–Kier alpha value is -1.73. The van der Waals surface area contributed by atoms with E-state index < -0.39 is 21.3 Å². The van der Waals surface area contributed by atoms with Crippen LogP contribution in [0.15, 0.2) is 106 Å². The van der Waals surface area contributed by atoms with Crippen molar-refractivity contribution in [2.45, 2.75) is 103 Å². The summed E-state index contributed by atoms with van der Waals surface area (Å²) in [4.78, 5) is 0. The van der Waals surface area contributed by atoms with Crippen LogP contribution >= 0.6 is 23.2 Å². The van der Waals surface area contributed by atoms with Gasteiger partial charge in [-0.25, -0.2) is 0 Å². The molecule has 0 nitrogen and oxygen atoms in total. The molecule has 2 aliphatic carbocycles. The summed E-state index contributed by atoms with van der Waals surface area (Å²) in [5, 5.41) is 1.54. The molecule has 0 amide bonds. The van der Waals surface area contributed by atoms with Gasteiger partial charge in [0.15, 0.2) is 0 Å². The molecule has 0 bridgehead atoms. The summed E-state index contributed by atoms with van der Waals surface area (Å²) in [5.41, 5.74) is 12.9. The molecule has 2 aliphatic rings. The van der Waals surface area contributed by atoms with E-state index in [0.717, 1.165) is 10.0 Å². The molecule has 0 saturated carbocycles. The molecule has 0 radical (unpaired) electrons. The first-order chi connectivity index (χ1) is 23.5. The van der Waals surface area contributed by atoms with Crippen LogP contribution in [-0.2, 0) is 32.1 Å². The molecule has 274 valence electrons. The third-order valence-corrected chi connectivity index (χ3v) is 19.7. The fourth-order valence-corrected chi connectivity index (χ4v) is 17.6. The molecule has 4 aromatic rings. The molecule has 0 fully saturated rings. The standard InChI is InChI=1S/C21H25.C13H8Cl2.C13H21.2ClH.Zr/c1-20(2,3)16-7-9-18-14(12-16)11-15-13-17(21(4,5)6)8-10-19(15)18;14-12-5-1-10(2-6-12)9-11-3-7-13(15)8-4-11;1-5-6-7-11-8-9-12(10-11)13(2,3)4;;;/h7-13H,1-6H3;1-8H;9-11H,5-7H2,1-4H3;2*1H;/q;;;;;+2/p-2. The molecular formula is C47H54Cl4Zr. The Labute approximate surface area is 344 Å². The van der Waals surface area contributed by atoms with Gasteiger partial charge < -0.3 is 24.8 Å². The van der Waals surface area contributed by atoms with Gasteiger partial charge in [-0.05, 0) is 0 Å². The van der Waals surface area contributed by atoms with Gasteiger partial charge in [0.05, 0.1) is 0 Å². The number of allylic oxidation sites excluding steroid dienone is 4. The van der Waals surface area contributed by atoms with E-state index in [2.05, 4.69) is 166 Å². The first-order valence-corrected chi connectivity index (χ1v) is 23.1. The van der Waals surface area contributed by atoms with Gasteiger partial charge in [-0.3, -0.25) is 0 Å². The van der Waals surface area contributed by atoms with Gasteiger partial charge in [0.2, 0.25) is 0 Å². The van der Waals surface area contributed by atoms with Crippen LogP contribution in [0.4, 0.5) is 0 Å². The molecule has 0 aromatic heterocycles. The molecule has 0 heterocycles. The molecule has 0 saturated heterocycles. The van der Waals surface area contributed by atoms with Crippen molar-refractivity contribution in [3.63, 3.8) is 0 Å². The smallest absolute Gasteiger partial charge is 1.00 e.